The Kier molecular flexibility index (Phi) is 9.30. The third-order valence-electron chi connectivity index (χ3n) is 0.909. The van der Waals surface area contributed by atoms with Crippen molar-refractivity contribution in [3.05, 3.63) is 0 Å². The van der Waals surface area contributed by atoms with Crippen molar-refractivity contribution in [2.45, 2.75) is 23.5 Å². The fourth-order valence-electron chi connectivity index (χ4n) is 0.466. The molecule has 0 fully saturated rings. The van der Waals surface area contributed by atoms with Crippen LogP contribution in [0.25, 0.3) is 0 Å². The molecule has 0 aliphatic rings. The summed E-state index contributed by atoms with van der Waals surface area (Å²) in [6, 6.07) is 0. The molecule has 0 amide bonds. The van der Waals surface area contributed by atoms with Gasteiger partial charge in [-0.3, -0.25) is 0 Å². The first kappa shape index (κ1) is 10.2. The molecule has 0 rings (SSSR count). The van der Waals surface area contributed by atoms with Gasteiger partial charge in [-0.25, -0.2) is 0 Å². The van der Waals surface area contributed by atoms with Crippen LogP contribution in [-0.2, 0) is 0 Å². The normalized spacial score (nSPS) is 8.20. The first-order chi connectivity index (χ1) is 4.91. The molecule has 0 aromatic heterocycles. The summed E-state index contributed by atoms with van der Waals surface area (Å²) >= 11 is 0.895. The van der Waals surface area contributed by atoms with Crippen molar-refractivity contribution in [3.8, 4) is 22.5 Å². The summed E-state index contributed by atoms with van der Waals surface area (Å²) in [5.74, 6) is 0. The van der Waals surface area contributed by atoms with Crippen LogP contribution in [0.1, 0.15) is 12.8 Å². The second-order valence-electron chi connectivity index (χ2n) is 1.64. The second-order valence-corrected chi connectivity index (χ2v) is 5.55. The molecule has 0 atom stereocenters. The number of unbranched alkanes of at least 4 members (excludes halogenated alkanes) is 1. The molecule has 0 aliphatic heterocycles. The van der Waals surface area contributed by atoms with Crippen LogP contribution in [0.2, 0.25) is 10.6 Å². The standard InChI is InChI=1S/C8H10Se2/c1-3-9-7-5-6-8-10-4-2/h1-2H,5-8H2. The van der Waals surface area contributed by atoms with E-state index in [4.69, 9.17) is 12.8 Å². The molecule has 0 bridgehead atoms. The van der Waals surface area contributed by atoms with E-state index >= 15 is 0 Å². The summed E-state index contributed by atoms with van der Waals surface area (Å²) in [4.78, 5) is 5.37. The minimum absolute atomic E-state index is 0.448. The Morgan fingerprint density at radius 3 is 1.60 bits per heavy atom. The summed E-state index contributed by atoms with van der Waals surface area (Å²) in [5, 5.41) is 2.45. The van der Waals surface area contributed by atoms with Crippen LogP contribution < -0.4 is 0 Å². The summed E-state index contributed by atoms with van der Waals surface area (Å²) in [7, 11) is 0. The molecule has 0 heterocycles. The van der Waals surface area contributed by atoms with E-state index in [1.807, 2.05) is 0 Å². The van der Waals surface area contributed by atoms with Crippen molar-refractivity contribution < 1.29 is 0 Å². The number of hydrogen-bond donors (Lipinski definition) is 0. The zero-order chi connectivity index (χ0) is 7.66. The summed E-state index contributed by atoms with van der Waals surface area (Å²) in [6.07, 6.45) is 12.8. The van der Waals surface area contributed by atoms with Gasteiger partial charge in [0.25, 0.3) is 0 Å². The van der Waals surface area contributed by atoms with Crippen molar-refractivity contribution in [3.63, 3.8) is 0 Å². The van der Waals surface area contributed by atoms with Crippen LogP contribution in [0, 0.1) is 22.5 Å². The molecule has 0 saturated heterocycles. The van der Waals surface area contributed by atoms with E-state index in [0.717, 1.165) is 0 Å². The first-order valence-electron chi connectivity index (χ1n) is 3.06. The van der Waals surface area contributed by atoms with Gasteiger partial charge in [0, 0.05) is 0 Å². The third kappa shape index (κ3) is 8.16. The van der Waals surface area contributed by atoms with E-state index in [1.165, 1.54) is 23.5 Å². The zero-order valence-corrected chi connectivity index (χ0v) is 9.23. The van der Waals surface area contributed by atoms with Gasteiger partial charge in [-0.2, -0.15) is 0 Å². The molecule has 0 aromatic rings. The van der Waals surface area contributed by atoms with Gasteiger partial charge in [0.1, 0.15) is 0 Å². The van der Waals surface area contributed by atoms with Gasteiger partial charge in [0.05, 0.1) is 0 Å². The zero-order valence-electron chi connectivity index (χ0n) is 5.80. The predicted molar refractivity (Wildman–Crippen MR) is 48.0 cm³/mol. The van der Waals surface area contributed by atoms with Crippen LogP contribution in [0.4, 0.5) is 0 Å². The molecule has 0 nitrogen and oxygen atoms in total. The van der Waals surface area contributed by atoms with Crippen LogP contribution >= 0.6 is 0 Å². The first-order valence-corrected chi connectivity index (χ1v) is 7.20. The molecule has 0 unspecified atom stereocenters. The molecule has 54 valence electrons. The molecule has 0 aliphatic carbocycles. The second kappa shape index (κ2) is 9.16. The number of terminal acetylenes is 2. The Morgan fingerprint density at radius 1 is 0.900 bits per heavy atom. The summed E-state index contributed by atoms with van der Waals surface area (Å²) in [6.45, 7) is 0. The SMILES string of the molecule is C#C[Se]CCCC[Se]C#C. The molecule has 0 aromatic carbocycles. The van der Waals surface area contributed by atoms with Gasteiger partial charge in [-0.1, -0.05) is 0 Å². The topological polar surface area (TPSA) is 0 Å². The molecule has 0 N–H and O–H groups in total. The van der Waals surface area contributed by atoms with E-state index in [-0.39, 0.29) is 0 Å². The number of hydrogen-bond acceptors (Lipinski definition) is 0. The molecular weight excluding hydrogens is 254 g/mol. The van der Waals surface area contributed by atoms with Gasteiger partial charge in [-0.15, -0.1) is 0 Å². The van der Waals surface area contributed by atoms with Crippen LogP contribution in [0.3, 0.4) is 0 Å². The van der Waals surface area contributed by atoms with Crippen molar-refractivity contribution >= 4 is 29.9 Å². The van der Waals surface area contributed by atoms with E-state index in [2.05, 4.69) is 9.64 Å². The van der Waals surface area contributed by atoms with Gasteiger partial charge >= 0.3 is 75.9 Å². The average Bonchev–Trinajstić information content (AvgIpc) is 1.97. The summed E-state index contributed by atoms with van der Waals surface area (Å²) in [5.41, 5.74) is 0. The van der Waals surface area contributed by atoms with Crippen LogP contribution in [0.5, 0.6) is 0 Å². The maximum absolute atomic E-state index is 5.12. The minimum atomic E-state index is 0.448. The summed E-state index contributed by atoms with van der Waals surface area (Å²) < 4.78 is 0. The van der Waals surface area contributed by atoms with Crippen molar-refractivity contribution in [2.24, 2.45) is 0 Å². The van der Waals surface area contributed by atoms with Gasteiger partial charge in [0.15, 0.2) is 0 Å². The van der Waals surface area contributed by atoms with E-state index < -0.39 is 0 Å². The molecule has 10 heavy (non-hydrogen) atoms. The fraction of sp³-hybridized carbons (Fsp3) is 0.500. The van der Waals surface area contributed by atoms with Crippen molar-refractivity contribution in [2.75, 3.05) is 0 Å². The Hall–Kier alpha value is 0.159. The van der Waals surface area contributed by atoms with Gasteiger partial charge in [-0.05, 0) is 0 Å². The Bertz CT molecular complexity index is 120. The van der Waals surface area contributed by atoms with Gasteiger partial charge < -0.3 is 0 Å². The van der Waals surface area contributed by atoms with Crippen LogP contribution in [0.15, 0.2) is 0 Å². The van der Waals surface area contributed by atoms with Crippen molar-refractivity contribution in [1.82, 2.24) is 0 Å². The van der Waals surface area contributed by atoms with E-state index in [9.17, 15) is 0 Å². The monoisotopic (exact) mass is 266 g/mol. The molecule has 0 spiro atoms. The molecular formula is C8H10Se2. The fourth-order valence-corrected chi connectivity index (χ4v) is 2.42. The molecule has 0 saturated carbocycles. The third-order valence-corrected chi connectivity index (χ3v) is 3.68. The van der Waals surface area contributed by atoms with Crippen molar-refractivity contribution in [1.29, 1.82) is 0 Å². The Morgan fingerprint density at radius 2 is 1.30 bits per heavy atom. The molecule has 2 heteroatoms. The van der Waals surface area contributed by atoms with Crippen LogP contribution in [-0.4, -0.2) is 29.9 Å². The predicted octanol–water partition coefficient (Wildman–Crippen LogP) is 1.19. The van der Waals surface area contributed by atoms with E-state index in [1.54, 1.807) is 0 Å². The Balaban J connectivity index is 2.80. The average molecular weight is 264 g/mol. The quantitative estimate of drug-likeness (QED) is 0.397. The Labute approximate surface area is 75.9 Å². The molecule has 0 radical (unpaired) electrons. The maximum atomic E-state index is 5.12. The number of rotatable bonds is 5. The van der Waals surface area contributed by atoms with Gasteiger partial charge in [0.2, 0.25) is 0 Å². The van der Waals surface area contributed by atoms with E-state index in [0.29, 0.717) is 29.9 Å².